The van der Waals surface area contributed by atoms with E-state index < -0.39 is 16.7 Å². The van der Waals surface area contributed by atoms with Crippen molar-refractivity contribution in [3.8, 4) is 0 Å². The van der Waals surface area contributed by atoms with E-state index in [2.05, 4.69) is 11.8 Å². The highest BCUT2D eigenvalue weighted by molar-refractivity contribution is 6.45. The van der Waals surface area contributed by atoms with Crippen molar-refractivity contribution in [2.75, 3.05) is 37.6 Å². The molecule has 2 amide bonds. The van der Waals surface area contributed by atoms with Gasteiger partial charge in [0.05, 0.1) is 16.2 Å². The maximum absolute atomic E-state index is 13.5. The quantitative estimate of drug-likeness (QED) is 0.403. The highest BCUT2D eigenvalue weighted by atomic mass is 35.5. The Bertz CT molecular complexity index is 1080. The Balaban J connectivity index is 1.78. The van der Waals surface area contributed by atoms with Crippen LogP contribution in [0, 0.1) is 10.1 Å². The van der Waals surface area contributed by atoms with Crippen LogP contribution in [0.15, 0.2) is 54.2 Å². The fraction of sp³-hybridized carbons (Fsp3) is 0.273. The van der Waals surface area contributed by atoms with E-state index in [0.29, 0.717) is 35.1 Å². The number of benzene rings is 2. The summed E-state index contributed by atoms with van der Waals surface area (Å²) in [5, 5.41) is 11.4. The zero-order chi connectivity index (χ0) is 22.1. The monoisotopic (exact) mass is 440 g/mol. The van der Waals surface area contributed by atoms with Crippen molar-refractivity contribution in [2.24, 2.45) is 0 Å². The van der Waals surface area contributed by atoms with Crippen molar-refractivity contribution in [3.05, 3.63) is 74.9 Å². The lowest BCUT2D eigenvalue weighted by Crippen LogP contribution is -2.47. The van der Waals surface area contributed by atoms with Crippen LogP contribution in [-0.2, 0) is 9.59 Å². The molecule has 0 bridgehead atoms. The van der Waals surface area contributed by atoms with Crippen LogP contribution in [-0.4, -0.2) is 59.3 Å². The summed E-state index contributed by atoms with van der Waals surface area (Å²) in [5.41, 5.74) is 1.37. The van der Waals surface area contributed by atoms with Crippen LogP contribution in [0.4, 0.5) is 11.4 Å². The van der Waals surface area contributed by atoms with Gasteiger partial charge in [0.2, 0.25) is 0 Å². The lowest BCUT2D eigenvalue weighted by atomic mass is 10.0. The van der Waals surface area contributed by atoms with E-state index in [1.807, 2.05) is 4.90 Å². The Labute approximate surface area is 184 Å². The lowest BCUT2D eigenvalue weighted by Gasteiger charge is -2.36. The molecule has 0 N–H and O–H groups in total. The number of piperazine rings is 1. The number of rotatable bonds is 5. The van der Waals surface area contributed by atoms with Crippen LogP contribution in [0.2, 0.25) is 5.02 Å². The SMILES string of the molecule is CCN1CCN(C2=C(c3ccc([N+](=O)[O-])cc3)C(=O)N(c3cccc(Cl)c3)C2=O)CC1. The smallest absolute Gasteiger partial charge is 0.282 e. The summed E-state index contributed by atoms with van der Waals surface area (Å²) in [5.74, 6) is -0.875. The Kier molecular flexibility index (Phi) is 5.75. The molecule has 0 spiro atoms. The molecule has 31 heavy (non-hydrogen) atoms. The molecule has 0 atom stereocenters. The van der Waals surface area contributed by atoms with Crippen molar-refractivity contribution in [2.45, 2.75) is 6.92 Å². The minimum absolute atomic E-state index is 0.0778. The zero-order valence-electron chi connectivity index (χ0n) is 17.0. The van der Waals surface area contributed by atoms with Gasteiger partial charge in [-0.25, -0.2) is 4.90 Å². The maximum atomic E-state index is 13.5. The van der Waals surface area contributed by atoms with E-state index in [-0.39, 0.29) is 11.3 Å². The van der Waals surface area contributed by atoms with Gasteiger partial charge in [-0.1, -0.05) is 24.6 Å². The number of amides is 2. The second kappa shape index (κ2) is 8.49. The molecule has 2 aliphatic heterocycles. The number of nitro benzene ring substituents is 1. The first kappa shape index (κ1) is 21.0. The van der Waals surface area contributed by atoms with Gasteiger partial charge in [0, 0.05) is 43.3 Å². The molecule has 0 aromatic heterocycles. The first-order valence-electron chi connectivity index (χ1n) is 10.0. The molecule has 1 saturated heterocycles. The standard InChI is InChI=1S/C22H21ClN4O4/c1-2-24-10-12-25(13-11-24)20-19(15-6-8-17(9-7-15)27(30)31)21(28)26(22(20)29)18-5-3-4-16(23)14-18/h3-9,14H,2,10-13H2,1H3. The van der Waals surface area contributed by atoms with Crippen molar-refractivity contribution in [1.29, 1.82) is 0 Å². The number of halogens is 1. The van der Waals surface area contributed by atoms with E-state index >= 15 is 0 Å². The topological polar surface area (TPSA) is 87.0 Å². The van der Waals surface area contributed by atoms with Crippen LogP contribution in [0.1, 0.15) is 12.5 Å². The average Bonchev–Trinajstić information content (AvgIpc) is 3.03. The number of hydrogen-bond donors (Lipinski definition) is 0. The van der Waals surface area contributed by atoms with Crippen molar-refractivity contribution in [3.63, 3.8) is 0 Å². The molecule has 0 saturated carbocycles. The van der Waals surface area contributed by atoms with Gasteiger partial charge in [0.1, 0.15) is 5.70 Å². The van der Waals surface area contributed by atoms with E-state index in [0.717, 1.165) is 24.5 Å². The summed E-state index contributed by atoms with van der Waals surface area (Å²) in [6.07, 6.45) is 0. The predicted molar refractivity (Wildman–Crippen MR) is 118 cm³/mol. The number of nitrogens with zero attached hydrogens (tertiary/aromatic N) is 4. The average molecular weight is 441 g/mol. The molecule has 160 valence electrons. The van der Waals surface area contributed by atoms with Crippen LogP contribution < -0.4 is 4.90 Å². The summed E-state index contributed by atoms with van der Waals surface area (Å²) >= 11 is 6.09. The normalized spacial score (nSPS) is 17.6. The molecule has 4 rings (SSSR count). The first-order chi connectivity index (χ1) is 14.9. The second-order valence-corrected chi connectivity index (χ2v) is 7.81. The Morgan fingerprint density at radius 1 is 1.00 bits per heavy atom. The summed E-state index contributed by atoms with van der Waals surface area (Å²) in [6.45, 7) is 5.80. The molecule has 0 unspecified atom stereocenters. The fourth-order valence-corrected chi connectivity index (χ4v) is 4.14. The van der Waals surface area contributed by atoms with Gasteiger partial charge in [-0.3, -0.25) is 19.7 Å². The lowest BCUT2D eigenvalue weighted by molar-refractivity contribution is -0.384. The van der Waals surface area contributed by atoms with Gasteiger partial charge in [0.15, 0.2) is 0 Å². The summed E-state index contributed by atoms with van der Waals surface area (Å²) in [7, 11) is 0. The first-order valence-corrected chi connectivity index (χ1v) is 10.4. The molecular weight excluding hydrogens is 420 g/mol. The predicted octanol–water partition coefficient (Wildman–Crippen LogP) is 3.17. The van der Waals surface area contributed by atoms with Crippen LogP contribution >= 0.6 is 11.6 Å². The molecule has 2 aliphatic rings. The molecule has 8 nitrogen and oxygen atoms in total. The third-order valence-electron chi connectivity index (χ3n) is 5.63. The summed E-state index contributed by atoms with van der Waals surface area (Å²) in [6, 6.07) is 12.3. The van der Waals surface area contributed by atoms with Crippen LogP contribution in [0.25, 0.3) is 5.57 Å². The van der Waals surface area contributed by atoms with Crippen molar-refractivity contribution >= 4 is 40.4 Å². The Hall–Kier alpha value is -3.23. The van der Waals surface area contributed by atoms with E-state index in [4.69, 9.17) is 11.6 Å². The summed E-state index contributed by atoms with van der Waals surface area (Å²) < 4.78 is 0. The van der Waals surface area contributed by atoms with Crippen LogP contribution in [0.3, 0.4) is 0 Å². The number of likely N-dealkylation sites (N-methyl/N-ethyl adjacent to an activating group) is 1. The third kappa shape index (κ3) is 3.92. The molecule has 2 aromatic carbocycles. The zero-order valence-corrected chi connectivity index (χ0v) is 17.7. The van der Waals surface area contributed by atoms with Gasteiger partial charge < -0.3 is 9.80 Å². The molecule has 9 heteroatoms. The second-order valence-electron chi connectivity index (χ2n) is 7.37. The molecule has 0 aliphatic carbocycles. The molecular formula is C22H21ClN4O4. The number of hydrogen-bond acceptors (Lipinski definition) is 6. The fourth-order valence-electron chi connectivity index (χ4n) is 3.96. The maximum Gasteiger partial charge on any atom is 0.282 e. The van der Waals surface area contributed by atoms with Gasteiger partial charge in [-0.15, -0.1) is 0 Å². The third-order valence-corrected chi connectivity index (χ3v) is 5.86. The number of nitro groups is 1. The molecule has 0 radical (unpaired) electrons. The molecule has 2 heterocycles. The summed E-state index contributed by atoms with van der Waals surface area (Å²) in [4.78, 5) is 42.8. The van der Waals surface area contributed by atoms with Crippen molar-refractivity contribution in [1.82, 2.24) is 9.80 Å². The molecule has 2 aromatic rings. The highest BCUT2D eigenvalue weighted by Crippen LogP contribution is 2.36. The van der Waals surface area contributed by atoms with Crippen molar-refractivity contribution < 1.29 is 14.5 Å². The Morgan fingerprint density at radius 2 is 1.68 bits per heavy atom. The Morgan fingerprint density at radius 3 is 2.26 bits per heavy atom. The number of imide groups is 1. The number of non-ortho nitro benzene ring substituents is 1. The highest BCUT2D eigenvalue weighted by Gasteiger charge is 2.43. The van der Waals surface area contributed by atoms with Gasteiger partial charge in [-0.2, -0.15) is 0 Å². The number of anilines is 1. The van der Waals surface area contributed by atoms with E-state index in [1.165, 1.54) is 24.3 Å². The van der Waals surface area contributed by atoms with Crippen LogP contribution in [0.5, 0.6) is 0 Å². The van der Waals surface area contributed by atoms with Gasteiger partial charge >= 0.3 is 0 Å². The number of carbonyl (C=O) groups is 2. The minimum atomic E-state index is -0.497. The van der Waals surface area contributed by atoms with E-state index in [9.17, 15) is 19.7 Å². The molecule has 1 fully saturated rings. The van der Waals surface area contributed by atoms with Gasteiger partial charge in [0.25, 0.3) is 17.5 Å². The van der Waals surface area contributed by atoms with E-state index in [1.54, 1.807) is 24.3 Å². The van der Waals surface area contributed by atoms with Gasteiger partial charge in [-0.05, 0) is 42.4 Å². The largest absolute Gasteiger partial charge is 0.364 e. The minimum Gasteiger partial charge on any atom is -0.364 e. The number of carbonyl (C=O) groups excluding carboxylic acids is 2.